The summed E-state index contributed by atoms with van der Waals surface area (Å²) in [4.78, 5) is 11.6. The molecule has 0 bridgehead atoms. The first-order chi connectivity index (χ1) is 7.17. The number of aliphatic hydroxyl groups is 1. The molecule has 1 rings (SSSR count). The van der Waals surface area contributed by atoms with Gasteiger partial charge in [0.2, 0.25) is 5.91 Å². The number of nitrogens with one attached hydrogen (secondary N) is 1. The van der Waals surface area contributed by atoms with Crippen molar-refractivity contribution in [3.05, 3.63) is 0 Å². The zero-order valence-corrected chi connectivity index (χ0v) is 10.3. The summed E-state index contributed by atoms with van der Waals surface area (Å²) in [5.74, 6) is 0.743. The van der Waals surface area contributed by atoms with Gasteiger partial charge in [0, 0.05) is 24.3 Å². The van der Waals surface area contributed by atoms with Crippen LogP contribution in [-0.4, -0.2) is 35.2 Å². The third-order valence-corrected chi connectivity index (χ3v) is 3.82. The summed E-state index contributed by atoms with van der Waals surface area (Å²) >= 11 is 1.71. The Morgan fingerprint density at radius 2 is 2.27 bits per heavy atom. The SMILES string of the molecule is CSC(C)CC(=O)NC(CCO)C1CC1. The predicted molar refractivity (Wildman–Crippen MR) is 64.0 cm³/mol. The first-order valence-electron chi connectivity index (χ1n) is 5.60. The van der Waals surface area contributed by atoms with E-state index in [1.54, 1.807) is 11.8 Å². The lowest BCUT2D eigenvalue weighted by Crippen LogP contribution is -2.38. The molecular weight excluding hydrogens is 210 g/mol. The van der Waals surface area contributed by atoms with Crippen LogP contribution in [0.5, 0.6) is 0 Å². The average molecular weight is 231 g/mol. The van der Waals surface area contributed by atoms with Crippen LogP contribution in [0.4, 0.5) is 0 Å². The molecule has 2 unspecified atom stereocenters. The Morgan fingerprint density at radius 3 is 2.73 bits per heavy atom. The van der Waals surface area contributed by atoms with Gasteiger partial charge in [-0.25, -0.2) is 0 Å². The molecular formula is C11H21NO2S. The minimum Gasteiger partial charge on any atom is -0.396 e. The smallest absolute Gasteiger partial charge is 0.221 e. The van der Waals surface area contributed by atoms with Gasteiger partial charge >= 0.3 is 0 Å². The number of aliphatic hydroxyl groups excluding tert-OH is 1. The highest BCUT2D eigenvalue weighted by molar-refractivity contribution is 7.99. The van der Waals surface area contributed by atoms with E-state index in [0.29, 0.717) is 24.0 Å². The summed E-state index contributed by atoms with van der Waals surface area (Å²) in [6.45, 7) is 2.22. The van der Waals surface area contributed by atoms with Crippen LogP contribution < -0.4 is 5.32 Å². The van der Waals surface area contributed by atoms with Gasteiger partial charge in [0.05, 0.1) is 0 Å². The van der Waals surface area contributed by atoms with E-state index in [-0.39, 0.29) is 18.6 Å². The van der Waals surface area contributed by atoms with E-state index in [4.69, 9.17) is 5.11 Å². The Hall–Kier alpha value is -0.220. The van der Waals surface area contributed by atoms with E-state index in [1.165, 1.54) is 12.8 Å². The number of carbonyl (C=O) groups excluding carboxylic acids is 1. The van der Waals surface area contributed by atoms with Crippen molar-refractivity contribution < 1.29 is 9.90 Å². The molecule has 4 heteroatoms. The topological polar surface area (TPSA) is 49.3 Å². The second-order valence-electron chi connectivity index (χ2n) is 4.27. The van der Waals surface area contributed by atoms with E-state index >= 15 is 0 Å². The first kappa shape index (κ1) is 12.8. The van der Waals surface area contributed by atoms with Crippen LogP contribution in [0.1, 0.15) is 32.6 Å². The van der Waals surface area contributed by atoms with Crippen molar-refractivity contribution in [2.24, 2.45) is 5.92 Å². The molecule has 0 aromatic heterocycles. The zero-order valence-electron chi connectivity index (χ0n) is 9.53. The summed E-state index contributed by atoms with van der Waals surface area (Å²) < 4.78 is 0. The molecule has 0 spiro atoms. The van der Waals surface area contributed by atoms with Gasteiger partial charge in [-0.1, -0.05) is 6.92 Å². The molecule has 1 aliphatic carbocycles. The summed E-state index contributed by atoms with van der Waals surface area (Å²) in [5.41, 5.74) is 0. The Balaban J connectivity index is 2.27. The van der Waals surface area contributed by atoms with E-state index in [0.717, 1.165) is 0 Å². The fourth-order valence-electron chi connectivity index (χ4n) is 1.67. The van der Waals surface area contributed by atoms with E-state index in [2.05, 4.69) is 12.2 Å². The molecule has 1 aliphatic rings. The maximum Gasteiger partial charge on any atom is 0.221 e. The van der Waals surface area contributed by atoms with Gasteiger partial charge in [-0.3, -0.25) is 4.79 Å². The summed E-state index contributed by atoms with van der Waals surface area (Å²) in [7, 11) is 0. The molecule has 15 heavy (non-hydrogen) atoms. The lowest BCUT2D eigenvalue weighted by Gasteiger charge is -2.18. The number of amides is 1. The van der Waals surface area contributed by atoms with Gasteiger partial charge in [0.1, 0.15) is 0 Å². The van der Waals surface area contributed by atoms with Crippen LogP contribution in [0, 0.1) is 5.92 Å². The number of carbonyl (C=O) groups is 1. The molecule has 2 N–H and O–H groups in total. The summed E-state index contributed by atoms with van der Waals surface area (Å²) in [5, 5.41) is 12.3. The third kappa shape index (κ3) is 4.89. The average Bonchev–Trinajstić information content (AvgIpc) is 3.00. The molecule has 2 atom stereocenters. The van der Waals surface area contributed by atoms with Crippen LogP contribution in [0.2, 0.25) is 0 Å². The lowest BCUT2D eigenvalue weighted by molar-refractivity contribution is -0.121. The summed E-state index contributed by atoms with van der Waals surface area (Å²) in [6.07, 6.45) is 5.69. The van der Waals surface area contributed by atoms with E-state index in [9.17, 15) is 4.79 Å². The van der Waals surface area contributed by atoms with Gasteiger partial charge in [-0.05, 0) is 31.4 Å². The van der Waals surface area contributed by atoms with Crippen LogP contribution in [-0.2, 0) is 4.79 Å². The fraction of sp³-hybridized carbons (Fsp3) is 0.909. The lowest BCUT2D eigenvalue weighted by atomic mass is 10.1. The van der Waals surface area contributed by atoms with Gasteiger partial charge < -0.3 is 10.4 Å². The van der Waals surface area contributed by atoms with Crippen molar-refractivity contribution in [1.82, 2.24) is 5.32 Å². The normalized spacial score (nSPS) is 19.7. The minimum atomic E-state index is 0.127. The minimum absolute atomic E-state index is 0.127. The molecule has 3 nitrogen and oxygen atoms in total. The van der Waals surface area contributed by atoms with E-state index in [1.807, 2.05) is 6.26 Å². The van der Waals surface area contributed by atoms with Crippen LogP contribution in [0.3, 0.4) is 0 Å². The molecule has 1 fully saturated rings. The highest BCUT2D eigenvalue weighted by Gasteiger charge is 2.31. The molecule has 1 saturated carbocycles. The molecule has 88 valence electrons. The predicted octanol–water partition coefficient (Wildman–Crippen LogP) is 1.41. The highest BCUT2D eigenvalue weighted by atomic mass is 32.2. The Labute approximate surface area is 96.0 Å². The van der Waals surface area contributed by atoms with Gasteiger partial charge in [-0.2, -0.15) is 11.8 Å². The molecule has 0 heterocycles. The van der Waals surface area contributed by atoms with Crippen LogP contribution in [0.15, 0.2) is 0 Å². The standard InChI is InChI=1S/C11H21NO2S/c1-8(15-2)7-11(14)12-10(5-6-13)9-3-4-9/h8-10,13H,3-7H2,1-2H3,(H,12,14). The second-order valence-corrected chi connectivity index (χ2v) is 5.55. The molecule has 1 amide bonds. The van der Waals surface area contributed by atoms with Gasteiger partial charge in [0.25, 0.3) is 0 Å². The second kappa shape index (κ2) is 6.38. The van der Waals surface area contributed by atoms with Crippen molar-refractivity contribution >= 4 is 17.7 Å². The van der Waals surface area contributed by atoms with Crippen molar-refractivity contribution in [3.8, 4) is 0 Å². The molecule has 0 aromatic carbocycles. The Morgan fingerprint density at radius 1 is 1.60 bits per heavy atom. The highest BCUT2D eigenvalue weighted by Crippen LogP contribution is 2.34. The quantitative estimate of drug-likeness (QED) is 0.696. The Kier molecular flexibility index (Phi) is 5.47. The number of thioether (sulfide) groups is 1. The fourth-order valence-corrected chi connectivity index (χ4v) is 1.99. The molecule has 0 saturated heterocycles. The first-order valence-corrected chi connectivity index (χ1v) is 6.89. The van der Waals surface area contributed by atoms with Gasteiger partial charge in [0.15, 0.2) is 0 Å². The number of hydrogen-bond donors (Lipinski definition) is 2. The summed E-state index contributed by atoms with van der Waals surface area (Å²) in [6, 6.07) is 0.205. The molecule has 0 aromatic rings. The largest absolute Gasteiger partial charge is 0.396 e. The number of rotatable bonds is 7. The number of hydrogen-bond acceptors (Lipinski definition) is 3. The van der Waals surface area contributed by atoms with Crippen LogP contribution in [0.25, 0.3) is 0 Å². The maximum atomic E-state index is 11.6. The van der Waals surface area contributed by atoms with Crippen molar-refractivity contribution in [1.29, 1.82) is 0 Å². The van der Waals surface area contributed by atoms with Gasteiger partial charge in [-0.15, -0.1) is 0 Å². The molecule has 0 radical (unpaired) electrons. The molecule has 0 aliphatic heterocycles. The van der Waals surface area contributed by atoms with Crippen molar-refractivity contribution in [3.63, 3.8) is 0 Å². The zero-order chi connectivity index (χ0) is 11.3. The Bertz CT molecular complexity index is 207. The van der Waals surface area contributed by atoms with Crippen LogP contribution >= 0.6 is 11.8 Å². The van der Waals surface area contributed by atoms with Crippen molar-refractivity contribution in [2.75, 3.05) is 12.9 Å². The van der Waals surface area contributed by atoms with Crippen molar-refractivity contribution in [2.45, 2.75) is 43.9 Å². The van der Waals surface area contributed by atoms with E-state index < -0.39 is 0 Å². The third-order valence-electron chi connectivity index (χ3n) is 2.85. The monoisotopic (exact) mass is 231 g/mol. The maximum absolute atomic E-state index is 11.6.